The van der Waals surface area contributed by atoms with Crippen molar-refractivity contribution in [3.63, 3.8) is 0 Å². The molecule has 1 saturated heterocycles. The highest BCUT2D eigenvalue weighted by Gasteiger charge is 2.24. The smallest absolute Gasteiger partial charge is 0.261 e. The number of quaternary nitrogens is 1. The van der Waals surface area contributed by atoms with Gasteiger partial charge in [0.2, 0.25) is 0 Å². The summed E-state index contributed by atoms with van der Waals surface area (Å²) in [5.41, 5.74) is 1.51. The van der Waals surface area contributed by atoms with Crippen LogP contribution in [0.4, 0.5) is 5.69 Å². The van der Waals surface area contributed by atoms with Gasteiger partial charge in [0, 0.05) is 16.3 Å². The average molecular weight is 416 g/mol. The van der Waals surface area contributed by atoms with Crippen molar-refractivity contribution in [3.05, 3.63) is 59.1 Å². The van der Waals surface area contributed by atoms with Crippen molar-refractivity contribution >= 4 is 37.1 Å². The predicted molar refractivity (Wildman–Crippen MR) is 102 cm³/mol. The molecule has 1 aliphatic heterocycles. The van der Waals surface area contributed by atoms with Gasteiger partial charge >= 0.3 is 0 Å². The molecule has 9 heteroatoms. The van der Waals surface area contributed by atoms with Gasteiger partial charge in [0.25, 0.3) is 10.0 Å². The highest BCUT2D eigenvalue weighted by molar-refractivity contribution is 7.92. The van der Waals surface area contributed by atoms with Gasteiger partial charge in [-0.2, -0.15) is 0 Å². The zero-order valence-electron chi connectivity index (χ0n) is 14.0. The largest absolute Gasteiger partial charge is 0.329 e. The van der Waals surface area contributed by atoms with Gasteiger partial charge in [-0.15, -0.1) is 0 Å². The van der Waals surface area contributed by atoms with Crippen molar-refractivity contribution in [1.29, 1.82) is 0 Å². The molecule has 1 fully saturated rings. The van der Waals surface area contributed by atoms with E-state index in [1.165, 1.54) is 29.2 Å². The third-order valence-corrected chi connectivity index (χ3v) is 7.62. The van der Waals surface area contributed by atoms with E-state index in [0.717, 1.165) is 12.1 Å². The Morgan fingerprint density at radius 3 is 2.12 bits per heavy atom. The maximum absolute atomic E-state index is 12.4. The van der Waals surface area contributed by atoms with Crippen molar-refractivity contribution < 1.29 is 21.7 Å². The molecule has 0 aliphatic carbocycles. The van der Waals surface area contributed by atoms with Crippen LogP contribution in [0.3, 0.4) is 0 Å². The van der Waals surface area contributed by atoms with Gasteiger partial charge in [0.1, 0.15) is 6.54 Å². The summed E-state index contributed by atoms with van der Waals surface area (Å²) in [6.07, 6.45) is 0. The molecule has 1 heterocycles. The quantitative estimate of drug-likeness (QED) is 0.761. The second-order valence-corrected chi connectivity index (χ2v) is 10.8. The SMILES string of the molecule is O=S1(=O)CC[NH+](Cc2ccc(NS(=O)(=O)c3ccc(Cl)cc3)cc2)CC1. The van der Waals surface area contributed by atoms with Crippen LogP contribution in [0.1, 0.15) is 5.56 Å². The lowest BCUT2D eigenvalue weighted by molar-refractivity contribution is -0.910. The van der Waals surface area contributed by atoms with E-state index in [9.17, 15) is 16.8 Å². The first kappa shape index (κ1) is 19.2. The lowest BCUT2D eigenvalue weighted by Gasteiger charge is -2.23. The minimum Gasteiger partial charge on any atom is -0.329 e. The van der Waals surface area contributed by atoms with E-state index in [1.807, 2.05) is 12.1 Å². The van der Waals surface area contributed by atoms with E-state index >= 15 is 0 Å². The summed E-state index contributed by atoms with van der Waals surface area (Å²) >= 11 is 5.78. The lowest BCUT2D eigenvalue weighted by atomic mass is 10.2. The number of hydrogen-bond acceptors (Lipinski definition) is 4. The summed E-state index contributed by atoms with van der Waals surface area (Å²) < 4.78 is 50.2. The first-order chi connectivity index (χ1) is 12.2. The Kier molecular flexibility index (Phi) is 5.57. The van der Waals surface area contributed by atoms with Crippen LogP contribution in [0.25, 0.3) is 0 Å². The van der Waals surface area contributed by atoms with Crippen LogP contribution in [0.5, 0.6) is 0 Å². The molecule has 2 aromatic rings. The number of nitrogens with one attached hydrogen (secondary N) is 2. The summed E-state index contributed by atoms with van der Waals surface area (Å²) in [5.74, 6) is 0.447. The second kappa shape index (κ2) is 7.56. The number of hydrogen-bond donors (Lipinski definition) is 2. The highest BCUT2D eigenvalue weighted by atomic mass is 35.5. The maximum atomic E-state index is 12.4. The zero-order chi connectivity index (χ0) is 18.8. The molecule has 0 radical (unpaired) electrons. The summed E-state index contributed by atoms with van der Waals surface area (Å²) in [6, 6.07) is 13.1. The van der Waals surface area contributed by atoms with Crippen molar-refractivity contribution in [1.82, 2.24) is 0 Å². The van der Waals surface area contributed by atoms with Crippen LogP contribution in [0, 0.1) is 0 Å². The molecule has 0 bridgehead atoms. The third kappa shape index (κ3) is 4.97. The van der Waals surface area contributed by atoms with Crippen LogP contribution >= 0.6 is 11.6 Å². The standard InChI is InChI=1S/C17H19ClN2O4S2/c18-15-3-7-17(8-4-15)26(23,24)19-16-5-1-14(2-6-16)13-20-9-11-25(21,22)12-10-20/h1-8,19H,9-13H2/p+1. The van der Waals surface area contributed by atoms with Gasteiger partial charge in [-0.1, -0.05) is 23.7 Å². The van der Waals surface area contributed by atoms with E-state index in [0.29, 0.717) is 23.8 Å². The Morgan fingerprint density at radius 1 is 0.962 bits per heavy atom. The second-order valence-electron chi connectivity index (χ2n) is 6.33. The Balaban J connectivity index is 1.63. The van der Waals surface area contributed by atoms with Gasteiger partial charge in [0.05, 0.1) is 29.5 Å². The van der Waals surface area contributed by atoms with E-state index in [-0.39, 0.29) is 16.4 Å². The van der Waals surface area contributed by atoms with E-state index in [2.05, 4.69) is 4.72 Å². The molecule has 0 atom stereocenters. The molecule has 6 nitrogen and oxygen atoms in total. The topological polar surface area (TPSA) is 84.8 Å². The van der Waals surface area contributed by atoms with Crippen molar-refractivity contribution in [2.24, 2.45) is 0 Å². The van der Waals surface area contributed by atoms with Crippen LogP contribution in [-0.4, -0.2) is 41.4 Å². The highest BCUT2D eigenvalue weighted by Crippen LogP contribution is 2.18. The number of sulfone groups is 1. The molecule has 2 aromatic carbocycles. The number of sulfonamides is 1. The predicted octanol–water partition coefficient (Wildman–Crippen LogP) is 0.954. The Morgan fingerprint density at radius 2 is 1.54 bits per heavy atom. The van der Waals surface area contributed by atoms with Crippen molar-refractivity contribution in [2.75, 3.05) is 29.3 Å². The summed E-state index contributed by atoms with van der Waals surface area (Å²) in [4.78, 5) is 1.36. The van der Waals surface area contributed by atoms with Crippen molar-refractivity contribution in [2.45, 2.75) is 11.4 Å². The molecular weight excluding hydrogens is 396 g/mol. The molecule has 0 saturated carbocycles. The van der Waals surface area contributed by atoms with Crippen molar-refractivity contribution in [3.8, 4) is 0 Å². The van der Waals surface area contributed by atoms with Gasteiger partial charge in [-0.05, 0) is 36.4 Å². The van der Waals surface area contributed by atoms with Crippen LogP contribution in [0.2, 0.25) is 5.02 Å². The van der Waals surface area contributed by atoms with Crippen LogP contribution in [-0.2, 0) is 26.4 Å². The molecule has 0 unspecified atom stereocenters. The first-order valence-electron chi connectivity index (χ1n) is 8.15. The van der Waals surface area contributed by atoms with Gasteiger partial charge in [-0.3, -0.25) is 4.72 Å². The number of rotatable bonds is 5. The molecular formula is C17H20ClN2O4S2+. The van der Waals surface area contributed by atoms with E-state index < -0.39 is 19.9 Å². The summed E-state index contributed by atoms with van der Waals surface area (Å²) in [5, 5.41) is 0.473. The lowest BCUT2D eigenvalue weighted by Crippen LogP contribution is -3.13. The molecule has 0 amide bonds. The van der Waals surface area contributed by atoms with E-state index in [4.69, 9.17) is 11.6 Å². The summed E-state index contributed by atoms with van der Waals surface area (Å²) in [7, 11) is -6.53. The minimum absolute atomic E-state index is 0.143. The molecule has 26 heavy (non-hydrogen) atoms. The Labute approximate surface area is 158 Å². The number of benzene rings is 2. The molecule has 140 valence electrons. The van der Waals surface area contributed by atoms with Gasteiger partial charge < -0.3 is 4.90 Å². The first-order valence-corrected chi connectivity index (χ1v) is 11.8. The zero-order valence-corrected chi connectivity index (χ0v) is 16.4. The Hall–Kier alpha value is -1.61. The normalized spacial score (nSPS) is 17.7. The fraction of sp³-hybridized carbons (Fsp3) is 0.294. The molecule has 2 N–H and O–H groups in total. The minimum atomic E-state index is -3.66. The molecule has 3 rings (SSSR count). The van der Waals surface area contributed by atoms with Crippen LogP contribution < -0.4 is 9.62 Å². The fourth-order valence-corrected chi connectivity index (χ4v) is 5.40. The fourth-order valence-electron chi connectivity index (χ4n) is 2.81. The maximum Gasteiger partial charge on any atom is 0.261 e. The molecule has 1 aliphatic rings. The Bertz CT molecular complexity index is 958. The molecule has 0 aromatic heterocycles. The third-order valence-electron chi connectivity index (χ3n) is 4.32. The van der Waals surface area contributed by atoms with Gasteiger partial charge in [0.15, 0.2) is 9.84 Å². The van der Waals surface area contributed by atoms with Gasteiger partial charge in [-0.25, -0.2) is 16.8 Å². The van der Waals surface area contributed by atoms with E-state index in [1.54, 1.807) is 12.1 Å². The molecule has 0 spiro atoms. The summed E-state index contributed by atoms with van der Waals surface area (Å²) in [6.45, 7) is 1.93. The number of halogens is 1. The average Bonchev–Trinajstić information content (AvgIpc) is 2.59. The van der Waals surface area contributed by atoms with Crippen LogP contribution in [0.15, 0.2) is 53.4 Å². The number of anilines is 1. The monoisotopic (exact) mass is 415 g/mol.